The number of aromatic nitrogens is 2. The molecule has 0 aliphatic carbocycles. The van der Waals surface area contributed by atoms with Gasteiger partial charge in [0.25, 0.3) is 0 Å². The van der Waals surface area contributed by atoms with Crippen molar-refractivity contribution in [3.05, 3.63) is 71.8 Å². The first-order chi connectivity index (χ1) is 9.25. The van der Waals surface area contributed by atoms with E-state index in [2.05, 4.69) is 4.98 Å². The average Bonchev–Trinajstić information content (AvgIpc) is 2.89. The minimum Gasteiger partial charge on any atom is -0.298 e. The van der Waals surface area contributed by atoms with Crippen molar-refractivity contribution in [1.82, 2.24) is 9.55 Å². The Morgan fingerprint density at radius 3 is 2.58 bits per heavy atom. The summed E-state index contributed by atoms with van der Waals surface area (Å²) in [7, 11) is 0. The van der Waals surface area contributed by atoms with Gasteiger partial charge in [-0.2, -0.15) is 0 Å². The largest absolute Gasteiger partial charge is 0.298 e. The zero-order valence-corrected chi connectivity index (χ0v) is 10.7. The number of nitrogens with zero attached hydrogens (tertiary/aromatic N) is 2. The maximum Gasteiger partial charge on any atom is 0.144 e. The van der Waals surface area contributed by atoms with Crippen LogP contribution in [0.3, 0.4) is 0 Å². The van der Waals surface area contributed by atoms with Gasteiger partial charge in [0, 0.05) is 18.0 Å². The van der Waals surface area contributed by atoms with Crippen molar-refractivity contribution in [1.29, 1.82) is 0 Å². The molecule has 0 radical (unpaired) electrons. The third kappa shape index (κ3) is 2.25. The Morgan fingerprint density at radius 2 is 1.84 bits per heavy atom. The van der Waals surface area contributed by atoms with E-state index < -0.39 is 0 Å². The summed E-state index contributed by atoms with van der Waals surface area (Å²) in [6.07, 6.45) is 3.50. The molecule has 0 fully saturated rings. The molecule has 2 aromatic carbocycles. The van der Waals surface area contributed by atoms with Gasteiger partial charge in [-0.1, -0.05) is 41.9 Å². The van der Waals surface area contributed by atoms with Gasteiger partial charge in [0.05, 0.1) is 10.7 Å². The smallest absolute Gasteiger partial charge is 0.144 e. The first kappa shape index (κ1) is 11.9. The molecule has 0 saturated carbocycles. The number of benzene rings is 2. The van der Waals surface area contributed by atoms with Crippen LogP contribution in [0.4, 0.5) is 4.39 Å². The second kappa shape index (κ2) is 4.86. The topological polar surface area (TPSA) is 17.8 Å². The van der Waals surface area contributed by atoms with Gasteiger partial charge in [0.15, 0.2) is 0 Å². The highest BCUT2D eigenvalue weighted by Gasteiger charge is 2.10. The fraction of sp³-hybridized carbons (Fsp3) is 0. The quantitative estimate of drug-likeness (QED) is 0.679. The van der Waals surface area contributed by atoms with Gasteiger partial charge < -0.3 is 0 Å². The van der Waals surface area contributed by atoms with E-state index in [1.807, 2.05) is 34.9 Å². The van der Waals surface area contributed by atoms with E-state index in [1.165, 1.54) is 12.1 Å². The van der Waals surface area contributed by atoms with Crippen LogP contribution in [0.5, 0.6) is 0 Å². The molecule has 0 amide bonds. The highest BCUT2D eigenvalue weighted by Crippen LogP contribution is 2.26. The van der Waals surface area contributed by atoms with Crippen LogP contribution < -0.4 is 0 Å². The molecule has 0 aliphatic heterocycles. The second-order valence-electron chi connectivity index (χ2n) is 4.08. The number of rotatable bonds is 2. The first-order valence-corrected chi connectivity index (χ1v) is 6.18. The van der Waals surface area contributed by atoms with Gasteiger partial charge in [-0.3, -0.25) is 4.57 Å². The molecule has 0 atom stereocenters. The predicted molar refractivity (Wildman–Crippen MR) is 74.0 cm³/mol. The normalized spacial score (nSPS) is 10.6. The Balaban J connectivity index is 2.15. The van der Waals surface area contributed by atoms with E-state index >= 15 is 0 Å². The summed E-state index contributed by atoms with van der Waals surface area (Å²) in [6, 6.07) is 14.1. The molecule has 1 aromatic heterocycles. The molecule has 0 unspecified atom stereocenters. The summed E-state index contributed by atoms with van der Waals surface area (Å²) < 4.78 is 14.9. The molecule has 19 heavy (non-hydrogen) atoms. The maximum atomic E-state index is 13.1. The molecule has 2 nitrogen and oxygen atoms in total. The van der Waals surface area contributed by atoms with E-state index in [9.17, 15) is 4.39 Å². The van der Waals surface area contributed by atoms with E-state index in [4.69, 9.17) is 11.6 Å². The van der Waals surface area contributed by atoms with Crippen molar-refractivity contribution < 1.29 is 4.39 Å². The Kier molecular flexibility index (Phi) is 3.05. The molecule has 1 heterocycles. The Bertz CT molecular complexity index is 707. The minimum atomic E-state index is -0.352. The van der Waals surface area contributed by atoms with Gasteiger partial charge in [-0.25, -0.2) is 9.37 Å². The fourth-order valence-corrected chi connectivity index (χ4v) is 2.23. The predicted octanol–water partition coefficient (Wildman–Crippen LogP) is 4.33. The molecular formula is C15H10ClFN2. The highest BCUT2D eigenvalue weighted by molar-refractivity contribution is 6.32. The standard InChI is InChI=1S/C15H10ClFN2/c16-13-10-12(17)6-7-14(13)19-9-8-18-15(19)11-4-2-1-3-5-11/h1-10H. The molecule has 0 N–H and O–H groups in total. The van der Waals surface area contributed by atoms with Crippen molar-refractivity contribution in [3.8, 4) is 17.1 Å². The first-order valence-electron chi connectivity index (χ1n) is 5.80. The molecule has 0 bridgehead atoms. The summed E-state index contributed by atoms with van der Waals surface area (Å²) in [5, 5.41) is 0.357. The van der Waals surface area contributed by atoms with Crippen LogP contribution in [0.25, 0.3) is 17.1 Å². The monoisotopic (exact) mass is 272 g/mol. The second-order valence-corrected chi connectivity index (χ2v) is 4.49. The van der Waals surface area contributed by atoms with Crippen LogP contribution in [-0.4, -0.2) is 9.55 Å². The molecular weight excluding hydrogens is 263 g/mol. The van der Waals surface area contributed by atoms with Crippen molar-refractivity contribution in [2.75, 3.05) is 0 Å². The number of halogens is 2. The average molecular weight is 273 g/mol. The van der Waals surface area contributed by atoms with Crippen LogP contribution in [-0.2, 0) is 0 Å². The van der Waals surface area contributed by atoms with Crippen LogP contribution in [0.15, 0.2) is 60.9 Å². The lowest BCUT2D eigenvalue weighted by Gasteiger charge is -2.09. The lowest BCUT2D eigenvalue weighted by Crippen LogP contribution is -1.97. The molecule has 3 rings (SSSR count). The molecule has 0 saturated heterocycles. The summed E-state index contributed by atoms with van der Waals surface area (Å²) in [5.41, 5.74) is 1.69. The van der Waals surface area contributed by atoms with Gasteiger partial charge in [-0.05, 0) is 18.2 Å². The molecule has 94 valence electrons. The zero-order chi connectivity index (χ0) is 13.2. The third-order valence-corrected chi connectivity index (χ3v) is 3.14. The van der Waals surface area contributed by atoms with Crippen molar-refractivity contribution in [2.45, 2.75) is 0 Å². The number of hydrogen-bond acceptors (Lipinski definition) is 1. The summed E-state index contributed by atoms with van der Waals surface area (Å²) in [5.74, 6) is 0.421. The van der Waals surface area contributed by atoms with Crippen molar-refractivity contribution in [2.24, 2.45) is 0 Å². The Labute approximate surface area is 115 Å². The van der Waals surface area contributed by atoms with E-state index in [0.717, 1.165) is 11.4 Å². The summed E-state index contributed by atoms with van der Waals surface area (Å²) >= 11 is 6.09. The molecule has 3 aromatic rings. The van der Waals surface area contributed by atoms with Gasteiger partial charge in [0.1, 0.15) is 11.6 Å². The Hall–Kier alpha value is -2.13. The van der Waals surface area contributed by atoms with E-state index in [1.54, 1.807) is 18.5 Å². The van der Waals surface area contributed by atoms with Crippen LogP contribution in [0, 0.1) is 5.82 Å². The van der Waals surface area contributed by atoms with E-state index in [-0.39, 0.29) is 5.82 Å². The van der Waals surface area contributed by atoms with Gasteiger partial charge >= 0.3 is 0 Å². The van der Waals surface area contributed by atoms with Gasteiger partial charge in [-0.15, -0.1) is 0 Å². The van der Waals surface area contributed by atoms with Crippen LogP contribution in [0.1, 0.15) is 0 Å². The zero-order valence-electron chi connectivity index (χ0n) is 9.92. The molecule has 4 heteroatoms. The number of imidazole rings is 1. The van der Waals surface area contributed by atoms with Crippen molar-refractivity contribution in [3.63, 3.8) is 0 Å². The summed E-state index contributed by atoms with van der Waals surface area (Å²) in [6.45, 7) is 0. The van der Waals surface area contributed by atoms with Crippen LogP contribution in [0.2, 0.25) is 5.02 Å². The van der Waals surface area contributed by atoms with Gasteiger partial charge in [0.2, 0.25) is 0 Å². The lowest BCUT2D eigenvalue weighted by atomic mass is 10.2. The molecule has 0 aliphatic rings. The minimum absolute atomic E-state index is 0.352. The number of hydrogen-bond donors (Lipinski definition) is 0. The third-order valence-electron chi connectivity index (χ3n) is 2.84. The maximum absolute atomic E-state index is 13.1. The van der Waals surface area contributed by atoms with Crippen LogP contribution >= 0.6 is 11.6 Å². The highest BCUT2D eigenvalue weighted by atomic mass is 35.5. The summed E-state index contributed by atoms with van der Waals surface area (Å²) in [4.78, 5) is 4.34. The van der Waals surface area contributed by atoms with E-state index in [0.29, 0.717) is 10.7 Å². The fourth-order valence-electron chi connectivity index (χ4n) is 1.98. The molecule has 0 spiro atoms. The van der Waals surface area contributed by atoms with Crippen molar-refractivity contribution >= 4 is 11.6 Å². The Morgan fingerprint density at radius 1 is 1.05 bits per heavy atom. The lowest BCUT2D eigenvalue weighted by molar-refractivity contribution is 0.627. The SMILES string of the molecule is Fc1ccc(-n2ccnc2-c2ccccc2)c(Cl)c1.